The molecule has 7 nitrogen and oxygen atoms in total. The van der Waals surface area contributed by atoms with Crippen LogP contribution in [0.25, 0.3) is 0 Å². The number of hydrazine groups is 1. The lowest BCUT2D eigenvalue weighted by atomic mass is 10.2. The number of ether oxygens (including phenoxy) is 1. The van der Waals surface area contributed by atoms with Gasteiger partial charge in [0.1, 0.15) is 5.75 Å². The van der Waals surface area contributed by atoms with Gasteiger partial charge in [-0.2, -0.15) is 0 Å². The number of nitrogens with one attached hydrogen (secondary N) is 2. The first-order chi connectivity index (χ1) is 11.1. The Morgan fingerprint density at radius 1 is 1.17 bits per heavy atom. The molecule has 0 saturated heterocycles. The molecule has 0 radical (unpaired) electrons. The van der Waals surface area contributed by atoms with Crippen molar-refractivity contribution in [3.8, 4) is 5.75 Å². The minimum Gasteiger partial charge on any atom is -0.497 e. The summed E-state index contributed by atoms with van der Waals surface area (Å²) >= 11 is 0. The van der Waals surface area contributed by atoms with Gasteiger partial charge in [-0.05, 0) is 36.9 Å². The zero-order valence-electron chi connectivity index (χ0n) is 13.0. The van der Waals surface area contributed by atoms with Crippen LogP contribution in [0.3, 0.4) is 0 Å². The van der Waals surface area contributed by atoms with Crippen LogP contribution in [-0.2, 0) is 11.3 Å². The third-order valence-electron chi connectivity index (χ3n) is 3.09. The largest absolute Gasteiger partial charge is 0.497 e. The van der Waals surface area contributed by atoms with Crippen molar-refractivity contribution in [2.75, 3.05) is 20.7 Å². The summed E-state index contributed by atoms with van der Waals surface area (Å²) in [5, 5.41) is 0. The summed E-state index contributed by atoms with van der Waals surface area (Å²) in [6.07, 6.45) is 1.39. The van der Waals surface area contributed by atoms with E-state index in [1.807, 2.05) is 36.2 Å². The molecule has 2 N–H and O–H groups in total. The van der Waals surface area contributed by atoms with Crippen LogP contribution >= 0.6 is 0 Å². The molecule has 0 unspecified atom stereocenters. The molecule has 0 aliphatic carbocycles. The summed E-state index contributed by atoms with van der Waals surface area (Å²) < 4.78 is 10.0. The van der Waals surface area contributed by atoms with E-state index < -0.39 is 5.91 Å². The second-order valence-electron chi connectivity index (χ2n) is 5.00. The first-order valence-corrected chi connectivity index (χ1v) is 7.02. The van der Waals surface area contributed by atoms with Gasteiger partial charge in [0.15, 0.2) is 5.76 Å². The highest BCUT2D eigenvalue weighted by molar-refractivity contribution is 5.93. The number of amides is 2. The molecule has 0 aliphatic heterocycles. The topological polar surface area (TPSA) is 83.8 Å². The van der Waals surface area contributed by atoms with Gasteiger partial charge in [0.25, 0.3) is 5.91 Å². The Balaban J connectivity index is 1.74. The second kappa shape index (κ2) is 8.00. The van der Waals surface area contributed by atoms with E-state index in [9.17, 15) is 9.59 Å². The van der Waals surface area contributed by atoms with Crippen molar-refractivity contribution in [2.45, 2.75) is 6.54 Å². The lowest BCUT2D eigenvalue weighted by Crippen LogP contribution is -2.45. The lowest BCUT2D eigenvalue weighted by Gasteiger charge is -2.16. The zero-order valence-corrected chi connectivity index (χ0v) is 13.0. The Kier molecular flexibility index (Phi) is 5.76. The molecule has 0 atom stereocenters. The first-order valence-electron chi connectivity index (χ1n) is 7.02. The molecule has 1 aromatic heterocycles. The van der Waals surface area contributed by atoms with Gasteiger partial charge in [0.2, 0.25) is 0 Å². The monoisotopic (exact) mass is 317 g/mol. The summed E-state index contributed by atoms with van der Waals surface area (Å²) in [5.74, 6) is 0.105. The summed E-state index contributed by atoms with van der Waals surface area (Å²) in [6, 6.07) is 10.7. The smallest absolute Gasteiger partial charge is 0.305 e. The summed E-state index contributed by atoms with van der Waals surface area (Å²) in [6.45, 7) is 0.744. The van der Waals surface area contributed by atoms with E-state index in [1.165, 1.54) is 12.3 Å². The van der Waals surface area contributed by atoms with E-state index in [0.29, 0.717) is 6.54 Å². The van der Waals surface area contributed by atoms with E-state index in [-0.39, 0.29) is 18.2 Å². The molecule has 0 fully saturated rings. The maximum absolute atomic E-state index is 11.8. The number of methoxy groups -OCH3 is 1. The minimum atomic E-state index is -0.499. The number of hydrogen-bond donors (Lipinski definition) is 2. The van der Waals surface area contributed by atoms with Crippen molar-refractivity contribution in [1.82, 2.24) is 15.8 Å². The average Bonchev–Trinajstić information content (AvgIpc) is 3.07. The molecule has 23 heavy (non-hydrogen) atoms. The summed E-state index contributed by atoms with van der Waals surface area (Å²) in [4.78, 5) is 25.2. The lowest BCUT2D eigenvalue weighted by molar-refractivity contribution is -0.122. The highest BCUT2D eigenvalue weighted by Gasteiger charge is 2.11. The second-order valence-corrected chi connectivity index (χ2v) is 5.00. The highest BCUT2D eigenvalue weighted by atomic mass is 16.5. The van der Waals surface area contributed by atoms with Crippen LogP contribution in [0.5, 0.6) is 5.75 Å². The molecule has 2 aromatic rings. The van der Waals surface area contributed by atoms with Gasteiger partial charge in [0, 0.05) is 6.54 Å². The Hall–Kier alpha value is -2.80. The van der Waals surface area contributed by atoms with Crippen LogP contribution in [0.15, 0.2) is 47.1 Å². The quantitative estimate of drug-likeness (QED) is 0.782. The molecule has 2 amide bonds. The fourth-order valence-electron chi connectivity index (χ4n) is 1.98. The Labute approximate surface area is 134 Å². The average molecular weight is 317 g/mol. The molecule has 0 aliphatic rings. The number of likely N-dealkylation sites (N-methyl/N-ethyl adjacent to an activating group) is 1. The molecule has 2 rings (SSSR count). The van der Waals surface area contributed by atoms with E-state index >= 15 is 0 Å². The number of hydrogen-bond acceptors (Lipinski definition) is 5. The van der Waals surface area contributed by atoms with Gasteiger partial charge in [0.05, 0.1) is 19.9 Å². The summed E-state index contributed by atoms with van der Waals surface area (Å²) in [7, 11) is 3.43. The van der Waals surface area contributed by atoms with Crippen LogP contribution in [0, 0.1) is 0 Å². The van der Waals surface area contributed by atoms with Crippen LogP contribution in [0.1, 0.15) is 16.1 Å². The van der Waals surface area contributed by atoms with Gasteiger partial charge in [-0.25, -0.2) is 0 Å². The number of rotatable bonds is 6. The maximum Gasteiger partial charge on any atom is 0.305 e. The standard InChI is InChI=1S/C16H19N3O4/c1-19(10-12-5-7-13(22-2)8-6-12)11-15(20)17-18-16(21)14-4-3-9-23-14/h3-9H,10-11H2,1-2H3,(H,17,20)(H,18,21). The van der Waals surface area contributed by atoms with Gasteiger partial charge in [-0.1, -0.05) is 12.1 Å². The van der Waals surface area contributed by atoms with Crippen LogP contribution in [-0.4, -0.2) is 37.4 Å². The Bertz CT molecular complexity index is 638. The van der Waals surface area contributed by atoms with Crippen molar-refractivity contribution >= 4 is 11.8 Å². The summed E-state index contributed by atoms with van der Waals surface area (Å²) in [5.41, 5.74) is 5.70. The van der Waals surface area contributed by atoms with Gasteiger partial charge >= 0.3 is 5.91 Å². The molecule has 0 bridgehead atoms. The molecule has 0 spiro atoms. The van der Waals surface area contributed by atoms with Crippen molar-refractivity contribution in [2.24, 2.45) is 0 Å². The molecular weight excluding hydrogens is 298 g/mol. The van der Waals surface area contributed by atoms with E-state index in [2.05, 4.69) is 10.9 Å². The normalized spacial score (nSPS) is 10.4. The van der Waals surface area contributed by atoms with Crippen molar-refractivity contribution < 1.29 is 18.7 Å². The minimum absolute atomic E-state index is 0.136. The SMILES string of the molecule is COc1ccc(CN(C)CC(=O)NNC(=O)c2ccco2)cc1. The number of furan rings is 1. The van der Waals surface area contributed by atoms with Crippen LogP contribution < -0.4 is 15.6 Å². The van der Waals surface area contributed by atoms with Crippen LogP contribution in [0.4, 0.5) is 0 Å². The predicted molar refractivity (Wildman–Crippen MR) is 83.6 cm³/mol. The van der Waals surface area contributed by atoms with Gasteiger partial charge < -0.3 is 9.15 Å². The van der Waals surface area contributed by atoms with Crippen molar-refractivity contribution in [3.05, 3.63) is 54.0 Å². The maximum atomic E-state index is 11.8. The van der Waals surface area contributed by atoms with E-state index in [4.69, 9.17) is 9.15 Å². The molecule has 0 saturated carbocycles. The Morgan fingerprint density at radius 2 is 1.91 bits per heavy atom. The molecule has 1 heterocycles. The highest BCUT2D eigenvalue weighted by Crippen LogP contribution is 2.12. The molecular formula is C16H19N3O4. The van der Waals surface area contributed by atoms with Gasteiger partial charge in [-0.3, -0.25) is 25.3 Å². The predicted octanol–water partition coefficient (Wildman–Crippen LogP) is 1.18. The Morgan fingerprint density at radius 3 is 2.52 bits per heavy atom. The van der Waals surface area contributed by atoms with Crippen molar-refractivity contribution in [3.63, 3.8) is 0 Å². The van der Waals surface area contributed by atoms with Crippen molar-refractivity contribution in [1.29, 1.82) is 0 Å². The molecule has 7 heteroatoms. The number of nitrogens with zero attached hydrogens (tertiary/aromatic N) is 1. The number of carbonyl (C=O) groups excluding carboxylic acids is 2. The fraction of sp³-hybridized carbons (Fsp3) is 0.250. The fourth-order valence-corrected chi connectivity index (χ4v) is 1.98. The molecule has 1 aromatic carbocycles. The number of benzene rings is 1. The van der Waals surface area contributed by atoms with Crippen LogP contribution in [0.2, 0.25) is 0 Å². The molecule has 122 valence electrons. The van der Waals surface area contributed by atoms with Gasteiger partial charge in [-0.15, -0.1) is 0 Å². The third kappa shape index (κ3) is 5.15. The first kappa shape index (κ1) is 16.6. The third-order valence-corrected chi connectivity index (χ3v) is 3.09. The van der Waals surface area contributed by atoms with E-state index in [0.717, 1.165) is 11.3 Å². The number of carbonyl (C=O) groups is 2. The zero-order chi connectivity index (χ0) is 16.7. The van der Waals surface area contributed by atoms with E-state index in [1.54, 1.807) is 13.2 Å².